The molecule has 142 valence electrons. The number of nitrogens with zero attached hydrogens (tertiary/aromatic N) is 1. The van der Waals surface area contributed by atoms with Crippen molar-refractivity contribution >= 4 is 38.2 Å². The summed E-state index contributed by atoms with van der Waals surface area (Å²) in [6.07, 6.45) is 2.89. The van der Waals surface area contributed by atoms with E-state index in [0.29, 0.717) is 12.5 Å². The lowest BCUT2D eigenvalue weighted by molar-refractivity contribution is 0.0956. The van der Waals surface area contributed by atoms with Gasteiger partial charge in [-0.05, 0) is 37.0 Å². The second-order valence-electron chi connectivity index (χ2n) is 7.63. The average molecular weight is 389 g/mol. The van der Waals surface area contributed by atoms with Crippen LogP contribution in [0.25, 0.3) is 32.1 Å². The van der Waals surface area contributed by atoms with Crippen LogP contribution >= 0.6 is 11.3 Å². The van der Waals surface area contributed by atoms with Crippen LogP contribution in [0, 0.1) is 12.8 Å². The third-order valence-electron chi connectivity index (χ3n) is 4.95. The van der Waals surface area contributed by atoms with Crippen molar-refractivity contribution < 1.29 is 4.79 Å². The van der Waals surface area contributed by atoms with Gasteiger partial charge in [-0.2, -0.15) is 0 Å². The standard InChI is InChI=1S/C24H24N2OS/c1-15(2)11-12-25-24(27)23-21(17-7-5-4-6-8-17)19-14-26-20-10-9-16(3)13-18(20)22(19)28-23/h4-10,13-15H,11-12H2,1-3H3,(H,25,27). The maximum Gasteiger partial charge on any atom is 0.262 e. The molecule has 3 nitrogen and oxygen atoms in total. The van der Waals surface area contributed by atoms with Crippen LogP contribution in [0.1, 0.15) is 35.5 Å². The fourth-order valence-corrected chi connectivity index (χ4v) is 4.69. The topological polar surface area (TPSA) is 42.0 Å². The second-order valence-corrected chi connectivity index (χ2v) is 8.65. The molecule has 0 aliphatic rings. The first-order valence-electron chi connectivity index (χ1n) is 9.70. The van der Waals surface area contributed by atoms with Gasteiger partial charge in [-0.15, -0.1) is 11.3 Å². The Bertz CT molecular complexity index is 1150. The Morgan fingerprint density at radius 3 is 2.64 bits per heavy atom. The lowest BCUT2D eigenvalue weighted by Gasteiger charge is -2.08. The Morgan fingerprint density at radius 1 is 1.11 bits per heavy atom. The number of hydrogen-bond acceptors (Lipinski definition) is 3. The van der Waals surface area contributed by atoms with Crippen molar-refractivity contribution in [2.24, 2.45) is 5.92 Å². The number of carbonyl (C=O) groups is 1. The number of benzene rings is 2. The summed E-state index contributed by atoms with van der Waals surface area (Å²) in [5, 5.41) is 5.27. The van der Waals surface area contributed by atoms with E-state index < -0.39 is 0 Å². The molecule has 1 N–H and O–H groups in total. The maximum atomic E-state index is 13.1. The second kappa shape index (κ2) is 7.72. The smallest absolute Gasteiger partial charge is 0.262 e. The number of fused-ring (bicyclic) bond motifs is 3. The van der Waals surface area contributed by atoms with Crippen LogP contribution < -0.4 is 5.32 Å². The van der Waals surface area contributed by atoms with Crippen LogP contribution in [0.5, 0.6) is 0 Å². The van der Waals surface area contributed by atoms with E-state index in [1.807, 2.05) is 30.5 Å². The molecule has 0 unspecified atom stereocenters. The van der Waals surface area contributed by atoms with Gasteiger partial charge in [-0.25, -0.2) is 0 Å². The quantitative estimate of drug-likeness (QED) is 0.442. The highest BCUT2D eigenvalue weighted by molar-refractivity contribution is 7.22. The molecule has 0 atom stereocenters. The van der Waals surface area contributed by atoms with Gasteiger partial charge >= 0.3 is 0 Å². The van der Waals surface area contributed by atoms with E-state index >= 15 is 0 Å². The molecule has 4 aromatic rings. The van der Waals surface area contributed by atoms with Crippen molar-refractivity contribution in [1.82, 2.24) is 10.3 Å². The summed E-state index contributed by atoms with van der Waals surface area (Å²) in [7, 11) is 0. The van der Waals surface area contributed by atoms with E-state index in [1.165, 1.54) is 5.56 Å². The van der Waals surface area contributed by atoms with Crippen molar-refractivity contribution in [2.45, 2.75) is 27.2 Å². The minimum absolute atomic E-state index is 0.00139. The molecule has 1 amide bonds. The fraction of sp³-hybridized carbons (Fsp3) is 0.250. The van der Waals surface area contributed by atoms with Crippen LogP contribution in [0.2, 0.25) is 0 Å². The largest absolute Gasteiger partial charge is 0.351 e. The summed E-state index contributed by atoms with van der Waals surface area (Å²) < 4.78 is 1.13. The van der Waals surface area contributed by atoms with Crippen molar-refractivity contribution in [3.8, 4) is 11.1 Å². The molecular weight excluding hydrogens is 364 g/mol. The first-order valence-corrected chi connectivity index (χ1v) is 10.5. The van der Waals surface area contributed by atoms with E-state index in [0.717, 1.165) is 43.4 Å². The summed E-state index contributed by atoms with van der Waals surface area (Å²) >= 11 is 1.57. The maximum absolute atomic E-state index is 13.1. The summed E-state index contributed by atoms with van der Waals surface area (Å²) in [6.45, 7) is 7.11. The van der Waals surface area contributed by atoms with Crippen molar-refractivity contribution in [3.63, 3.8) is 0 Å². The van der Waals surface area contributed by atoms with Gasteiger partial charge in [0.15, 0.2) is 0 Å². The molecule has 0 saturated heterocycles. The lowest BCUT2D eigenvalue weighted by atomic mass is 10.0. The number of nitrogens with one attached hydrogen (secondary N) is 1. The van der Waals surface area contributed by atoms with E-state index in [9.17, 15) is 4.79 Å². The van der Waals surface area contributed by atoms with Crippen molar-refractivity contribution in [2.75, 3.05) is 6.54 Å². The highest BCUT2D eigenvalue weighted by atomic mass is 32.1. The number of aryl methyl sites for hydroxylation is 1. The highest BCUT2D eigenvalue weighted by Crippen LogP contribution is 2.41. The number of amides is 1. The Morgan fingerprint density at radius 2 is 1.89 bits per heavy atom. The number of pyridine rings is 1. The van der Waals surface area contributed by atoms with E-state index in [4.69, 9.17) is 0 Å². The van der Waals surface area contributed by atoms with Gasteiger partial charge in [0.2, 0.25) is 0 Å². The molecule has 2 aromatic carbocycles. The molecule has 2 aromatic heterocycles. The minimum atomic E-state index is 0.00139. The Hall–Kier alpha value is -2.72. The monoisotopic (exact) mass is 388 g/mol. The molecule has 2 heterocycles. The number of carbonyl (C=O) groups excluding carboxylic acids is 1. The molecule has 0 radical (unpaired) electrons. The molecule has 0 fully saturated rings. The number of hydrogen-bond donors (Lipinski definition) is 1. The van der Waals surface area contributed by atoms with Gasteiger partial charge in [0.1, 0.15) is 4.88 Å². The van der Waals surface area contributed by atoms with Gasteiger partial charge in [0.25, 0.3) is 5.91 Å². The molecule has 0 bridgehead atoms. The van der Waals surface area contributed by atoms with Crippen LogP contribution in [0.3, 0.4) is 0 Å². The first kappa shape index (κ1) is 18.6. The number of rotatable bonds is 5. The number of thiophene rings is 1. The minimum Gasteiger partial charge on any atom is -0.351 e. The Balaban J connectivity index is 1.90. The molecule has 0 aliphatic carbocycles. The third-order valence-corrected chi connectivity index (χ3v) is 6.19. The van der Waals surface area contributed by atoms with Crippen LogP contribution in [0.4, 0.5) is 0 Å². The zero-order valence-corrected chi connectivity index (χ0v) is 17.3. The normalized spacial score (nSPS) is 11.4. The highest BCUT2D eigenvalue weighted by Gasteiger charge is 2.21. The van der Waals surface area contributed by atoms with Crippen LogP contribution in [0.15, 0.2) is 54.7 Å². The fourth-order valence-electron chi connectivity index (χ4n) is 3.45. The van der Waals surface area contributed by atoms with E-state index in [1.54, 1.807) is 11.3 Å². The molecule has 28 heavy (non-hydrogen) atoms. The third kappa shape index (κ3) is 3.52. The van der Waals surface area contributed by atoms with Gasteiger partial charge in [0.05, 0.1) is 5.52 Å². The molecule has 4 heteroatoms. The lowest BCUT2D eigenvalue weighted by Crippen LogP contribution is -2.24. The van der Waals surface area contributed by atoms with Crippen LogP contribution in [-0.2, 0) is 0 Å². The Labute approximate surface area is 169 Å². The van der Waals surface area contributed by atoms with Crippen LogP contribution in [-0.4, -0.2) is 17.4 Å². The SMILES string of the molecule is Cc1ccc2ncc3c(-c4ccccc4)c(C(=O)NCCC(C)C)sc3c2c1. The van der Waals surface area contributed by atoms with Gasteiger partial charge < -0.3 is 5.32 Å². The summed E-state index contributed by atoms with van der Waals surface area (Å²) in [5.74, 6) is 0.564. The molecule has 4 rings (SSSR count). The van der Waals surface area contributed by atoms with Gasteiger partial charge in [0, 0.05) is 33.8 Å². The average Bonchev–Trinajstić information content (AvgIpc) is 3.08. The summed E-state index contributed by atoms with van der Waals surface area (Å²) in [6, 6.07) is 16.4. The predicted octanol–water partition coefficient (Wildman–Crippen LogP) is 6.20. The number of aromatic nitrogens is 1. The zero-order chi connectivity index (χ0) is 19.7. The van der Waals surface area contributed by atoms with E-state index in [-0.39, 0.29) is 5.91 Å². The molecule has 0 aliphatic heterocycles. The predicted molar refractivity (Wildman–Crippen MR) is 119 cm³/mol. The molecular formula is C24H24N2OS. The van der Waals surface area contributed by atoms with E-state index in [2.05, 4.69) is 55.3 Å². The van der Waals surface area contributed by atoms with Gasteiger partial charge in [-0.1, -0.05) is 55.8 Å². The molecule has 0 spiro atoms. The summed E-state index contributed by atoms with van der Waals surface area (Å²) in [5.41, 5.74) is 4.19. The van der Waals surface area contributed by atoms with Crippen molar-refractivity contribution in [3.05, 3.63) is 65.2 Å². The first-order chi connectivity index (χ1) is 13.5. The molecule has 0 saturated carbocycles. The zero-order valence-electron chi connectivity index (χ0n) is 16.5. The van der Waals surface area contributed by atoms with Crippen molar-refractivity contribution in [1.29, 1.82) is 0 Å². The van der Waals surface area contributed by atoms with Gasteiger partial charge in [-0.3, -0.25) is 9.78 Å². The summed E-state index contributed by atoms with van der Waals surface area (Å²) in [4.78, 5) is 18.5. The Kier molecular flexibility index (Phi) is 5.14.